The highest BCUT2D eigenvalue weighted by Crippen LogP contribution is 2.37. The monoisotopic (exact) mass is 664 g/mol. The predicted octanol–water partition coefficient (Wildman–Crippen LogP) is 2.49. The Hall–Kier alpha value is -2.12. The number of piperidine rings is 1. The number of rotatable bonds is 12. The van der Waals surface area contributed by atoms with Gasteiger partial charge < -0.3 is 44.8 Å². The van der Waals surface area contributed by atoms with Crippen LogP contribution in [0.2, 0.25) is 0 Å². The first-order chi connectivity index (χ1) is 22.0. The minimum atomic E-state index is -1.61. The fourth-order valence-electron chi connectivity index (χ4n) is 6.89. The second kappa shape index (κ2) is 17.0. The second-order valence-electron chi connectivity index (χ2n) is 14.8. The average Bonchev–Trinajstić information content (AvgIpc) is 3.77. The van der Waals surface area contributed by atoms with Crippen LogP contribution in [0.5, 0.6) is 0 Å². The van der Waals surface area contributed by atoms with Gasteiger partial charge in [-0.1, -0.05) is 45.1 Å². The lowest BCUT2D eigenvalue weighted by Gasteiger charge is -2.38. The quantitative estimate of drug-likeness (QED) is 0.0689. The number of hydrogen-bond acceptors (Lipinski definition) is 10. The number of esters is 1. The number of aliphatic hydroxyl groups is 5. The Morgan fingerprint density at radius 1 is 1.26 bits per heavy atom. The maximum Gasteiger partial charge on any atom is 0.309 e. The first-order valence-electron chi connectivity index (χ1n) is 17.3. The van der Waals surface area contributed by atoms with Crippen LogP contribution >= 0.6 is 0 Å². The Morgan fingerprint density at radius 3 is 2.53 bits per heavy atom. The van der Waals surface area contributed by atoms with Crippen molar-refractivity contribution in [2.24, 2.45) is 11.8 Å². The van der Waals surface area contributed by atoms with Crippen LogP contribution in [0, 0.1) is 11.8 Å². The van der Waals surface area contributed by atoms with Crippen molar-refractivity contribution in [1.29, 1.82) is 0 Å². The van der Waals surface area contributed by atoms with Gasteiger partial charge >= 0.3 is 5.97 Å². The summed E-state index contributed by atoms with van der Waals surface area (Å²) in [6.45, 7) is 12.5. The van der Waals surface area contributed by atoms with E-state index >= 15 is 0 Å². The molecule has 1 amide bonds. The Balaban J connectivity index is 1.86. The normalized spacial score (nSPS) is 35.9. The van der Waals surface area contributed by atoms with Crippen molar-refractivity contribution in [2.75, 3.05) is 26.7 Å². The zero-order chi connectivity index (χ0) is 35.1. The van der Waals surface area contributed by atoms with Crippen molar-refractivity contribution < 1.29 is 44.6 Å². The highest BCUT2D eigenvalue weighted by molar-refractivity contribution is 5.70. The van der Waals surface area contributed by atoms with E-state index in [1.54, 1.807) is 43.1 Å². The lowest BCUT2D eigenvalue weighted by atomic mass is 9.84. The van der Waals surface area contributed by atoms with Crippen molar-refractivity contribution in [3.05, 3.63) is 35.5 Å². The van der Waals surface area contributed by atoms with Crippen LogP contribution in [0.15, 0.2) is 35.5 Å². The molecule has 0 bridgehead atoms. The van der Waals surface area contributed by atoms with E-state index in [4.69, 9.17) is 9.47 Å². The van der Waals surface area contributed by atoms with Crippen molar-refractivity contribution >= 4 is 12.4 Å². The van der Waals surface area contributed by atoms with E-state index in [1.807, 2.05) is 27.8 Å². The van der Waals surface area contributed by atoms with E-state index in [-0.39, 0.29) is 50.0 Å². The maximum atomic E-state index is 13.0. The first kappa shape index (κ1) is 39.3. The van der Waals surface area contributed by atoms with E-state index in [9.17, 15) is 35.1 Å². The van der Waals surface area contributed by atoms with Gasteiger partial charge in [0.1, 0.15) is 12.2 Å². The minimum Gasteiger partial charge on any atom is -0.457 e. The van der Waals surface area contributed by atoms with Gasteiger partial charge in [-0.15, -0.1) is 0 Å². The zero-order valence-corrected chi connectivity index (χ0v) is 29.4. The molecule has 3 aliphatic rings. The Bertz CT molecular complexity index is 1130. The van der Waals surface area contributed by atoms with E-state index in [0.717, 1.165) is 32.3 Å². The molecule has 3 rings (SSSR count). The summed E-state index contributed by atoms with van der Waals surface area (Å²) in [4.78, 5) is 29.1. The molecule has 11 heteroatoms. The van der Waals surface area contributed by atoms with E-state index < -0.39 is 47.5 Å². The molecule has 5 N–H and O–H groups in total. The number of hydrogen-bond donors (Lipinski definition) is 5. The van der Waals surface area contributed by atoms with Gasteiger partial charge in [0.05, 0.1) is 42.0 Å². The smallest absolute Gasteiger partial charge is 0.309 e. The molecular formula is C36H60N2O9. The van der Waals surface area contributed by atoms with Gasteiger partial charge in [0, 0.05) is 30.8 Å². The molecule has 2 saturated heterocycles. The third kappa shape index (κ3) is 11.5. The lowest BCUT2D eigenvalue weighted by molar-refractivity contribution is -0.151. The molecule has 3 aliphatic heterocycles. The fraction of sp³-hybridized carbons (Fsp3) is 0.778. The summed E-state index contributed by atoms with van der Waals surface area (Å²) in [7, 11) is 2.04. The lowest BCUT2D eigenvalue weighted by Crippen LogP contribution is -2.48. The van der Waals surface area contributed by atoms with Crippen LogP contribution in [-0.2, 0) is 19.1 Å². The molecule has 47 heavy (non-hydrogen) atoms. The van der Waals surface area contributed by atoms with Crippen LogP contribution in [0.1, 0.15) is 86.5 Å². The predicted molar refractivity (Wildman–Crippen MR) is 179 cm³/mol. The molecule has 3 heterocycles. The van der Waals surface area contributed by atoms with E-state index in [1.165, 1.54) is 6.92 Å². The van der Waals surface area contributed by atoms with Crippen molar-refractivity contribution in [3.63, 3.8) is 0 Å². The molecule has 0 radical (unpaired) electrons. The summed E-state index contributed by atoms with van der Waals surface area (Å²) < 4.78 is 11.7. The van der Waals surface area contributed by atoms with E-state index in [0.29, 0.717) is 24.0 Å². The molecule has 0 saturated carbocycles. The van der Waals surface area contributed by atoms with Crippen LogP contribution in [0.25, 0.3) is 0 Å². The van der Waals surface area contributed by atoms with Gasteiger partial charge in [-0.2, -0.15) is 0 Å². The molecule has 11 nitrogen and oxygen atoms in total. The number of epoxide rings is 1. The van der Waals surface area contributed by atoms with Crippen molar-refractivity contribution in [1.82, 2.24) is 9.80 Å². The average molecular weight is 665 g/mol. The Labute approximate surface area is 280 Å². The van der Waals surface area contributed by atoms with Gasteiger partial charge in [-0.05, 0) is 84.2 Å². The highest BCUT2D eigenvalue weighted by Gasteiger charge is 2.47. The highest BCUT2D eigenvalue weighted by atomic mass is 16.6. The van der Waals surface area contributed by atoms with Gasteiger partial charge in [0.2, 0.25) is 6.41 Å². The summed E-state index contributed by atoms with van der Waals surface area (Å²) in [5.74, 6) is -1.08. The molecule has 0 aliphatic carbocycles. The SMILES string of the molecule is CCC(O)C(C)C1OC1CC(C)(O)/C=C/C=C(\C)C1OC(=O)CC(O)CCC(C)(O)C(O)/C(CN(C=O)C2CCN(C)CC2)=C/C1C. The molecule has 0 spiro atoms. The van der Waals surface area contributed by atoms with Crippen molar-refractivity contribution in [3.8, 4) is 0 Å². The molecule has 10 unspecified atom stereocenters. The number of cyclic esters (lactones) is 1. The van der Waals surface area contributed by atoms with Crippen LogP contribution in [0.4, 0.5) is 0 Å². The van der Waals surface area contributed by atoms with Crippen LogP contribution in [-0.4, -0.2) is 128 Å². The van der Waals surface area contributed by atoms with Gasteiger partial charge in [0.25, 0.3) is 0 Å². The standard InChI is InChI=1S/C36H60N2O9/c1-8-29(41)25(4)33-30(46-33)20-35(5,44)14-9-10-23(2)32-24(3)18-26(21-38(22-39)27-12-16-37(7)17-13-27)34(43)36(6,45)15-11-28(40)19-31(42)47-32/h9-10,14,18,22,24-25,27-30,32-34,40-41,43-45H,8,11-13,15-17,19-21H2,1-7H3/b14-9+,23-10+,26-18+. The zero-order valence-electron chi connectivity index (χ0n) is 29.4. The summed E-state index contributed by atoms with van der Waals surface area (Å²) in [5.41, 5.74) is -1.68. The Kier molecular flexibility index (Phi) is 14.2. The number of nitrogens with zero attached hydrogens (tertiary/aromatic N) is 2. The maximum absolute atomic E-state index is 13.0. The summed E-state index contributed by atoms with van der Waals surface area (Å²) in [6.07, 6.45) is 6.29. The molecule has 268 valence electrons. The minimum absolute atomic E-state index is 0.00955. The Morgan fingerprint density at radius 2 is 1.91 bits per heavy atom. The third-order valence-corrected chi connectivity index (χ3v) is 10.2. The van der Waals surface area contributed by atoms with E-state index in [2.05, 4.69) is 4.90 Å². The number of ether oxygens (including phenoxy) is 2. The van der Waals surface area contributed by atoms with Crippen LogP contribution in [0.3, 0.4) is 0 Å². The number of allylic oxidation sites excluding steroid dienone is 2. The summed E-state index contributed by atoms with van der Waals surface area (Å²) in [6, 6.07) is -0.00955. The topological polar surface area (TPSA) is 164 Å². The number of carbonyl (C=O) groups is 2. The number of amides is 1. The van der Waals surface area contributed by atoms with Gasteiger partial charge in [-0.3, -0.25) is 9.59 Å². The first-order valence-corrected chi connectivity index (χ1v) is 17.3. The molecule has 0 aromatic carbocycles. The summed E-state index contributed by atoms with van der Waals surface area (Å²) >= 11 is 0. The second-order valence-corrected chi connectivity index (χ2v) is 14.8. The summed E-state index contributed by atoms with van der Waals surface area (Å²) in [5, 5.41) is 54.6. The number of likely N-dealkylation sites (tertiary alicyclic amines) is 1. The molecule has 10 atom stereocenters. The number of carbonyl (C=O) groups excluding carboxylic acids is 2. The number of aliphatic hydroxyl groups excluding tert-OH is 3. The molecule has 0 aromatic rings. The molecular weight excluding hydrogens is 604 g/mol. The van der Waals surface area contributed by atoms with Crippen molar-refractivity contribution in [2.45, 2.75) is 140 Å². The van der Waals surface area contributed by atoms with Gasteiger partial charge in [-0.25, -0.2) is 0 Å². The largest absolute Gasteiger partial charge is 0.457 e. The van der Waals surface area contributed by atoms with Crippen LogP contribution < -0.4 is 0 Å². The van der Waals surface area contributed by atoms with Gasteiger partial charge in [0.15, 0.2) is 0 Å². The third-order valence-electron chi connectivity index (χ3n) is 10.2. The molecule has 2 fully saturated rings. The molecule has 0 aromatic heterocycles. The fourth-order valence-corrected chi connectivity index (χ4v) is 6.89.